The fourth-order valence-corrected chi connectivity index (χ4v) is 4.36. The maximum Gasteiger partial charge on any atom is 0.234 e. The van der Waals surface area contributed by atoms with Crippen LogP contribution in [0.15, 0.2) is 72.9 Å². The van der Waals surface area contributed by atoms with Gasteiger partial charge in [-0.2, -0.15) is 0 Å². The molecule has 0 unspecified atom stereocenters. The second-order valence-electron chi connectivity index (χ2n) is 7.86. The SMILES string of the molecule is COc1ccc([C@H](NC(=O)CN2CCC[C@@H]2c2cccn2C)c2ccccc2)cc1. The Morgan fingerprint density at radius 3 is 2.47 bits per heavy atom. The highest BCUT2D eigenvalue weighted by Crippen LogP contribution is 2.31. The summed E-state index contributed by atoms with van der Waals surface area (Å²) in [5.41, 5.74) is 3.38. The zero-order valence-corrected chi connectivity index (χ0v) is 17.6. The standard InChI is InChI=1S/C25H29N3O2/c1-27-16-6-10-22(27)23-11-7-17-28(23)18-24(29)26-25(19-8-4-3-5-9-19)20-12-14-21(30-2)15-13-20/h3-6,8-10,12-16,23,25H,7,11,17-18H2,1-2H3,(H,26,29)/t23-,25-/m1/s1. The summed E-state index contributed by atoms with van der Waals surface area (Å²) in [6.07, 6.45) is 4.27. The third-order valence-corrected chi connectivity index (χ3v) is 5.92. The zero-order valence-electron chi connectivity index (χ0n) is 17.6. The van der Waals surface area contributed by atoms with Gasteiger partial charge in [0.25, 0.3) is 0 Å². The van der Waals surface area contributed by atoms with Crippen molar-refractivity contribution in [2.75, 3.05) is 20.2 Å². The molecular formula is C25H29N3O2. The van der Waals surface area contributed by atoms with Crippen LogP contribution in [0.1, 0.15) is 41.7 Å². The molecule has 1 aliphatic heterocycles. The minimum Gasteiger partial charge on any atom is -0.497 e. The van der Waals surface area contributed by atoms with E-state index < -0.39 is 0 Å². The van der Waals surface area contributed by atoms with Crippen molar-refractivity contribution < 1.29 is 9.53 Å². The largest absolute Gasteiger partial charge is 0.497 e. The highest BCUT2D eigenvalue weighted by molar-refractivity contribution is 5.79. The molecule has 156 valence electrons. The number of aryl methyl sites for hydroxylation is 1. The van der Waals surface area contributed by atoms with Gasteiger partial charge in [-0.05, 0) is 54.8 Å². The fraction of sp³-hybridized carbons (Fsp3) is 0.320. The minimum atomic E-state index is -0.194. The molecule has 2 heterocycles. The first kappa shape index (κ1) is 20.2. The first-order valence-corrected chi connectivity index (χ1v) is 10.5. The molecule has 5 heteroatoms. The lowest BCUT2D eigenvalue weighted by atomic mass is 9.98. The van der Waals surface area contributed by atoms with Crippen LogP contribution in [0.2, 0.25) is 0 Å². The third kappa shape index (κ3) is 4.41. The molecule has 1 N–H and O–H groups in total. The van der Waals surface area contributed by atoms with E-state index in [2.05, 4.69) is 52.3 Å². The number of ether oxygens (including phenoxy) is 1. The van der Waals surface area contributed by atoms with Crippen LogP contribution in [0.5, 0.6) is 5.75 Å². The Labute approximate surface area is 178 Å². The van der Waals surface area contributed by atoms with E-state index in [4.69, 9.17) is 4.74 Å². The van der Waals surface area contributed by atoms with Crippen molar-refractivity contribution in [1.82, 2.24) is 14.8 Å². The molecule has 2 aromatic carbocycles. The van der Waals surface area contributed by atoms with Crippen LogP contribution in [0.4, 0.5) is 0 Å². The molecule has 30 heavy (non-hydrogen) atoms. The van der Waals surface area contributed by atoms with E-state index in [0.29, 0.717) is 12.6 Å². The molecule has 1 amide bonds. The summed E-state index contributed by atoms with van der Waals surface area (Å²) in [6.45, 7) is 1.34. The average molecular weight is 404 g/mol. The van der Waals surface area contributed by atoms with Crippen LogP contribution in [0, 0.1) is 0 Å². The van der Waals surface area contributed by atoms with Crippen LogP contribution in [-0.2, 0) is 11.8 Å². The number of benzene rings is 2. The van der Waals surface area contributed by atoms with Gasteiger partial charge in [-0.1, -0.05) is 42.5 Å². The van der Waals surface area contributed by atoms with E-state index in [1.54, 1.807) is 7.11 Å². The van der Waals surface area contributed by atoms with Crippen molar-refractivity contribution in [2.45, 2.75) is 24.9 Å². The quantitative estimate of drug-likeness (QED) is 0.647. The lowest BCUT2D eigenvalue weighted by Gasteiger charge is -2.26. The Morgan fingerprint density at radius 2 is 1.80 bits per heavy atom. The van der Waals surface area contributed by atoms with E-state index in [0.717, 1.165) is 36.3 Å². The summed E-state index contributed by atoms with van der Waals surface area (Å²) in [4.78, 5) is 15.4. The molecule has 0 aliphatic carbocycles. The first-order chi connectivity index (χ1) is 14.7. The van der Waals surface area contributed by atoms with Crippen molar-refractivity contribution in [3.63, 3.8) is 0 Å². The van der Waals surface area contributed by atoms with Gasteiger partial charge >= 0.3 is 0 Å². The number of nitrogens with zero attached hydrogens (tertiary/aromatic N) is 2. The van der Waals surface area contributed by atoms with Gasteiger partial charge in [-0.3, -0.25) is 9.69 Å². The maximum absolute atomic E-state index is 13.1. The van der Waals surface area contributed by atoms with Gasteiger partial charge in [0.05, 0.1) is 25.7 Å². The highest BCUT2D eigenvalue weighted by Gasteiger charge is 2.29. The van der Waals surface area contributed by atoms with Crippen LogP contribution in [0.3, 0.4) is 0 Å². The minimum absolute atomic E-state index is 0.0424. The molecular weight excluding hydrogens is 374 g/mol. The van der Waals surface area contributed by atoms with Crippen molar-refractivity contribution >= 4 is 5.91 Å². The van der Waals surface area contributed by atoms with Crippen molar-refractivity contribution in [1.29, 1.82) is 0 Å². The summed E-state index contributed by atoms with van der Waals surface area (Å²) in [5.74, 6) is 0.847. The van der Waals surface area contributed by atoms with Gasteiger partial charge in [-0.15, -0.1) is 0 Å². The number of methoxy groups -OCH3 is 1. The monoisotopic (exact) mass is 403 g/mol. The summed E-state index contributed by atoms with van der Waals surface area (Å²) < 4.78 is 7.44. The molecule has 1 saturated heterocycles. The number of carbonyl (C=O) groups excluding carboxylic acids is 1. The van der Waals surface area contributed by atoms with E-state index in [1.165, 1.54) is 5.69 Å². The van der Waals surface area contributed by atoms with E-state index in [1.807, 2.05) is 42.5 Å². The van der Waals surface area contributed by atoms with Gasteiger partial charge in [0, 0.05) is 18.9 Å². The lowest BCUT2D eigenvalue weighted by Crippen LogP contribution is -2.39. The number of hydrogen-bond acceptors (Lipinski definition) is 3. The average Bonchev–Trinajstić information content (AvgIpc) is 3.41. The van der Waals surface area contributed by atoms with Crippen molar-refractivity contribution in [3.05, 3.63) is 89.7 Å². The van der Waals surface area contributed by atoms with Gasteiger partial charge in [0.2, 0.25) is 5.91 Å². The first-order valence-electron chi connectivity index (χ1n) is 10.5. The summed E-state index contributed by atoms with van der Waals surface area (Å²) >= 11 is 0. The third-order valence-electron chi connectivity index (χ3n) is 5.92. The number of aromatic nitrogens is 1. The number of hydrogen-bond donors (Lipinski definition) is 1. The Morgan fingerprint density at radius 1 is 1.07 bits per heavy atom. The molecule has 2 atom stereocenters. The number of likely N-dealkylation sites (tertiary alicyclic amines) is 1. The molecule has 1 fully saturated rings. The second-order valence-corrected chi connectivity index (χ2v) is 7.86. The number of carbonyl (C=O) groups is 1. The number of rotatable bonds is 7. The van der Waals surface area contributed by atoms with E-state index in [-0.39, 0.29) is 11.9 Å². The van der Waals surface area contributed by atoms with Gasteiger partial charge < -0.3 is 14.6 Å². The van der Waals surface area contributed by atoms with E-state index in [9.17, 15) is 4.79 Å². The predicted octanol–water partition coefficient (Wildman–Crippen LogP) is 4.08. The summed E-state index contributed by atoms with van der Waals surface area (Å²) in [7, 11) is 3.73. The van der Waals surface area contributed by atoms with Crippen LogP contribution < -0.4 is 10.1 Å². The Bertz CT molecular complexity index is 966. The second kappa shape index (κ2) is 9.18. The molecule has 1 aromatic heterocycles. The molecule has 0 saturated carbocycles. The summed E-state index contributed by atoms with van der Waals surface area (Å²) in [5, 5.41) is 3.27. The normalized spacial score (nSPS) is 17.6. The molecule has 0 radical (unpaired) electrons. The molecule has 4 rings (SSSR count). The van der Waals surface area contributed by atoms with Gasteiger partial charge in [0.1, 0.15) is 5.75 Å². The summed E-state index contributed by atoms with van der Waals surface area (Å²) in [6, 6.07) is 22.3. The van der Waals surface area contributed by atoms with Crippen molar-refractivity contribution in [3.8, 4) is 5.75 Å². The maximum atomic E-state index is 13.1. The highest BCUT2D eigenvalue weighted by atomic mass is 16.5. The van der Waals surface area contributed by atoms with Gasteiger partial charge in [0.15, 0.2) is 0 Å². The number of amides is 1. The molecule has 0 spiro atoms. The molecule has 1 aliphatic rings. The van der Waals surface area contributed by atoms with Crippen LogP contribution in [0.25, 0.3) is 0 Å². The molecule has 5 nitrogen and oxygen atoms in total. The smallest absolute Gasteiger partial charge is 0.234 e. The lowest BCUT2D eigenvalue weighted by molar-refractivity contribution is -0.123. The van der Waals surface area contributed by atoms with Crippen molar-refractivity contribution in [2.24, 2.45) is 7.05 Å². The molecule has 3 aromatic rings. The fourth-order valence-electron chi connectivity index (χ4n) is 4.36. The Kier molecular flexibility index (Phi) is 6.19. The predicted molar refractivity (Wildman–Crippen MR) is 118 cm³/mol. The Balaban J connectivity index is 1.51. The van der Waals surface area contributed by atoms with Crippen LogP contribution in [-0.4, -0.2) is 35.6 Å². The van der Waals surface area contributed by atoms with Crippen LogP contribution >= 0.6 is 0 Å². The van der Waals surface area contributed by atoms with Gasteiger partial charge in [-0.25, -0.2) is 0 Å². The van der Waals surface area contributed by atoms with E-state index >= 15 is 0 Å². The molecule has 0 bridgehead atoms. The number of nitrogens with one attached hydrogen (secondary N) is 1. The zero-order chi connectivity index (χ0) is 20.9. The topological polar surface area (TPSA) is 46.5 Å². The Hall–Kier alpha value is -3.05.